The first-order valence-corrected chi connectivity index (χ1v) is 9.06. The first-order chi connectivity index (χ1) is 11.7. The number of carbonyl (C=O) groups excluding carboxylic acids is 1. The molecule has 2 aromatic rings. The van der Waals surface area contributed by atoms with Crippen molar-refractivity contribution >= 4 is 5.97 Å². The molecular weight excluding hydrogens is 296 g/mol. The fourth-order valence-corrected chi connectivity index (χ4v) is 2.44. The fourth-order valence-electron chi connectivity index (χ4n) is 2.44. The van der Waals surface area contributed by atoms with E-state index in [0.717, 1.165) is 12.0 Å². The number of unbranched alkanes of at least 4 members (excludes halogenated alkanes) is 1. The zero-order chi connectivity index (χ0) is 17.8. The van der Waals surface area contributed by atoms with Gasteiger partial charge < -0.3 is 4.74 Å². The quantitative estimate of drug-likeness (QED) is 0.598. The maximum Gasteiger partial charge on any atom is 0.310 e. The van der Waals surface area contributed by atoms with Crippen LogP contribution in [0.25, 0.3) is 11.1 Å². The van der Waals surface area contributed by atoms with E-state index >= 15 is 0 Å². The lowest BCUT2D eigenvalue weighted by molar-refractivity contribution is -0.142. The molecule has 0 radical (unpaired) electrons. The summed E-state index contributed by atoms with van der Waals surface area (Å²) in [5.74, 6) is -0.171. The van der Waals surface area contributed by atoms with Crippen molar-refractivity contribution in [1.29, 1.82) is 0 Å². The highest BCUT2D eigenvalue weighted by molar-refractivity contribution is 5.73. The van der Waals surface area contributed by atoms with Crippen LogP contribution in [0.2, 0.25) is 0 Å². The third kappa shape index (κ3) is 6.57. The summed E-state index contributed by atoms with van der Waals surface area (Å²) in [6.45, 7) is 8.47. The summed E-state index contributed by atoms with van der Waals surface area (Å²) in [5, 5.41) is 0. The number of ether oxygens (including phenoxy) is 1. The van der Waals surface area contributed by atoms with E-state index in [1.54, 1.807) is 0 Å². The topological polar surface area (TPSA) is 26.3 Å². The van der Waals surface area contributed by atoms with Gasteiger partial charge in [-0.15, -0.1) is 0 Å². The van der Waals surface area contributed by atoms with Crippen molar-refractivity contribution < 1.29 is 9.53 Å². The Morgan fingerprint density at radius 3 is 1.79 bits per heavy atom. The zero-order valence-corrected chi connectivity index (χ0v) is 15.5. The molecule has 2 nitrogen and oxygen atoms in total. The van der Waals surface area contributed by atoms with Crippen LogP contribution in [0.4, 0.5) is 0 Å². The summed E-state index contributed by atoms with van der Waals surface area (Å²) in [6, 6.07) is 16.9. The molecule has 0 unspecified atom stereocenters. The minimum atomic E-state index is -0.171. The Bertz CT molecular complexity index is 582. The van der Waals surface area contributed by atoms with Gasteiger partial charge in [-0.1, -0.05) is 75.7 Å². The zero-order valence-electron chi connectivity index (χ0n) is 15.5. The predicted octanol–water partition coefficient (Wildman–Crippen LogP) is 5.83. The summed E-state index contributed by atoms with van der Waals surface area (Å²) in [4.78, 5) is 11.5. The van der Waals surface area contributed by atoms with E-state index in [1.807, 2.05) is 32.9 Å². The van der Waals surface area contributed by atoms with Crippen LogP contribution in [0.15, 0.2) is 48.5 Å². The number of aryl methyl sites for hydroxylation is 1. The van der Waals surface area contributed by atoms with Crippen molar-refractivity contribution in [3.05, 3.63) is 59.7 Å². The van der Waals surface area contributed by atoms with Crippen LogP contribution in [0.5, 0.6) is 0 Å². The van der Waals surface area contributed by atoms with Gasteiger partial charge >= 0.3 is 5.97 Å². The summed E-state index contributed by atoms with van der Waals surface area (Å²) in [7, 11) is 0. The smallest absolute Gasteiger partial charge is 0.310 e. The van der Waals surface area contributed by atoms with Crippen LogP contribution < -0.4 is 0 Å². The lowest BCUT2D eigenvalue weighted by atomic mass is 10.0. The summed E-state index contributed by atoms with van der Waals surface area (Å²) in [6.07, 6.45) is 3.95. The molecule has 0 aliphatic heterocycles. The van der Waals surface area contributed by atoms with Crippen LogP contribution in [0.1, 0.15) is 51.7 Å². The van der Waals surface area contributed by atoms with E-state index in [-0.39, 0.29) is 5.97 Å². The van der Waals surface area contributed by atoms with Crippen molar-refractivity contribution in [3.63, 3.8) is 0 Å². The van der Waals surface area contributed by atoms with Crippen molar-refractivity contribution in [2.45, 2.75) is 53.4 Å². The van der Waals surface area contributed by atoms with Crippen molar-refractivity contribution in [3.8, 4) is 11.1 Å². The molecule has 24 heavy (non-hydrogen) atoms. The molecule has 0 fully saturated rings. The van der Waals surface area contributed by atoms with Crippen LogP contribution in [0, 0.1) is 0 Å². The molecule has 0 saturated heterocycles. The molecule has 0 spiro atoms. The van der Waals surface area contributed by atoms with Gasteiger partial charge in [0.15, 0.2) is 0 Å². The van der Waals surface area contributed by atoms with Gasteiger partial charge in [-0.25, -0.2) is 0 Å². The number of benzene rings is 2. The highest BCUT2D eigenvalue weighted by atomic mass is 16.5. The predicted molar refractivity (Wildman–Crippen MR) is 102 cm³/mol. The standard InChI is InChI=1S/C20H24O2.C2H6/c1-3-5-6-16-7-11-18(12-8-16)19-13-9-17(10-14-19)15-20(21)22-4-2;1-2/h7-14H,3-6,15H2,1-2H3;1-2H3. The normalized spacial score (nSPS) is 9.83. The Balaban J connectivity index is 0.00000139. The first-order valence-electron chi connectivity index (χ1n) is 9.06. The SMILES string of the molecule is CC.CCCCc1ccc(-c2ccc(CC(=O)OCC)cc2)cc1. The van der Waals surface area contributed by atoms with Gasteiger partial charge in [-0.05, 0) is 42.0 Å². The number of hydrogen-bond acceptors (Lipinski definition) is 2. The maximum atomic E-state index is 11.5. The lowest BCUT2D eigenvalue weighted by Gasteiger charge is -2.06. The average Bonchev–Trinajstić information content (AvgIpc) is 2.63. The number of carbonyl (C=O) groups is 1. The molecule has 0 saturated carbocycles. The Hall–Kier alpha value is -2.09. The van der Waals surface area contributed by atoms with Gasteiger partial charge in [0.25, 0.3) is 0 Å². The Kier molecular flexibility index (Phi) is 9.52. The highest BCUT2D eigenvalue weighted by Crippen LogP contribution is 2.21. The highest BCUT2D eigenvalue weighted by Gasteiger charge is 2.04. The molecule has 0 bridgehead atoms. The Morgan fingerprint density at radius 2 is 1.33 bits per heavy atom. The monoisotopic (exact) mass is 326 g/mol. The fraction of sp³-hybridized carbons (Fsp3) is 0.409. The molecule has 0 amide bonds. The van der Waals surface area contributed by atoms with Gasteiger partial charge in [-0.3, -0.25) is 4.79 Å². The van der Waals surface area contributed by atoms with Gasteiger partial charge in [-0.2, -0.15) is 0 Å². The van der Waals surface area contributed by atoms with Crippen molar-refractivity contribution in [1.82, 2.24) is 0 Å². The lowest BCUT2D eigenvalue weighted by Crippen LogP contribution is -2.07. The molecule has 0 atom stereocenters. The minimum absolute atomic E-state index is 0.171. The average molecular weight is 326 g/mol. The number of rotatable bonds is 7. The van der Waals surface area contributed by atoms with Crippen molar-refractivity contribution in [2.75, 3.05) is 6.61 Å². The summed E-state index contributed by atoms with van der Waals surface area (Å²) < 4.78 is 4.97. The van der Waals surface area contributed by atoms with Gasteiger partial charge in [0.1, 0.15) is 0 Å². The number of esters is 1. The molecule has 0 N–H and O–H groups in total. The third-order valence-electron chi connectivity index (χ3n) is 3.71. The maximum absolute atomic E-state index is 11.5. The largest absolute Gasteiger partial charge is 0.466 e. The minimum Gasteiger partial charge on any atom is -0.466 e. The number of hydrogen-bond donors (Lipinski definition) is 0. The van der Waals surface area contributed by atoms with E-state index in [4.69, 9.17) is 4.74 Å². The molecule has 130 valence electrons. The van der Waals surface area contributed by atoms with E-state index < -0.39 is 0 Å². The first kappa shape index (κ1) is 20.0. The second kappa shape index (κ2) is 11.4. The molecular formula is C22H30O2. The van der Waals surface area contributed by atoms with Crippen LogP contribution in [0.3, 0.4) is 0 Å². The summed E-state index contributed by atoms with van der Waals surface area (Å²) in [5.41, 5.74) is 4.77. The molecule has 2 aromatic carbocycles. The Labute approximate surface area is 146 Å². The van der Waals surface area contributed by atoms with Crippen molar-refractivity contribution in [2.24, 2.45) is 0 Å². The molecule has 0 heterocycles. The Morgan fingerprint density at radius 1 is 0.833 bits per heavy atom. The van der Waals surface area contributed by atoms with Gasteiger partial charge in [0.05, 0.1) is 13.0 Å². The van der Waals surface area contributed by atoms with Gasteiger partial charge in [0, 0.05) is 0 Å². The molecule has 0 aromatic heterocycles. The van der Waals surface area contributed by atoms with Crippen LogP contribution >= 0.6 is 0 Å². The van der Waals surface area contributed by atoms with Gasteiger partial charge in [0.2, 0.25) is 0 Å². The van der Waals surface area contributed by atoms with Crippen LogP contribution in [-0.2, 0) is 22.4 Å². The van der Waals surface area contributed by atoms with E-state index in [0.29, 0.717) is 13.0 Å². The van der Waals surface area contributed by atoms with E-state index in [9.17, 15) is 4.79 Å². The molecule has 0 aliphatic carbocycles. The van der Waals surface area contributed by atoms with Crippen LogP contribution in [-0.4, -0.2) is 12.6 Å². The summed E-state index contributed by atoms with van der Waals surface area (Å²) >= 11 is 0. The second-order valence-electron chi connectivity index (χ2n) is 5.48. The molecule has 2 rings (SSSR count). The third-order valence-corrected chi connectivity index (χ3v) is 3.71. The molecule has 0 aliphatic rings. The van der Waals surface area contributed by atoms with E-state index in [1.165, 1.54) is 29.5 Å². The van der Waals surface area contributed by atoms with E-state index in [2.05, 4.69) is 43.3 Å². The molecule has 2 heteroatoms. The second-order valence-corrected chi connectivity index (χ2v) is 5.48.